The molecule has 118 valence electrons. The normalized spacial score (nSPS) is 16.7. The van der Waals surface area contributed by atoms with Gasteiger partial charge in [0.1, 0.15) is 0 Å². The fourth-order valence-electron chi connectivity index (χ4n) is 2.89. The molecule has 8 nitrogen and oxygen atoms in total. The van der Waals surface area contributed by atoms with E-state index < -0.39 is 5.54 Å². The molecule has 3 aromatic rings. The summed E-state index contributed by atoms with van der Waals surface area (Å²) in [4.78, 5) is 8.69. The lowest BCUT2D eigenvalue weighted by Crippen LogP contribution is -2.34. The predicted molar refractivity (Wildman–Crippen MR) is 81.0 cm³/mol. The van der Waals surface area contributed by atoms with Crippen LogP contribution in [0.25, 0.3) is 11.6 Å². The van der Waals surface area contributed by atoms with Crippen molar-refractivity contribution in [3.05, 3.63) is 42.1 Å². The van der Waals surface area contributed by atoms with Crippen LogP contribution < -0.4 is 5.73 Å². The maximum atomic E-state index is 6.34. The van der Waals surface area contributed by atoms with E-state index >= 15 is 0 Å². The van der Waals surface area contributed by atoms with E-state index in [9.17, 15) is 0 Å². The van der Waals surface area contributed by atoms with Crippen LogP contribution >= 0.6 is 0 Å². The summed E-state index contributed by atoms with van der Waals surface area (Å²) in [7, 11) is 0. The Morgan fingerprint density at radius 3 is 2.91 bits per heavy atom. The van der Waals surface area contributed by atoms with E-state index in [4.69, 9.17) is 10.3 Å². The van der Waals surface area contributed by atoms with Gasteiger partial charge in [-0.15, -0.1) is 5.10 Å². The summed E-state index contributed by atoms with van der Waals surface area (Å²) in [5.74, 6) is 0.910. The van der Waals surface area contributed by atoms with Gasteiger partial charge < -0.3 is 10.3 Å². The second-order valence-corrected chi connectivity index (χ2v) is 5.91. The molecule has 0 atom stereocenters. The molecule has 1 aliphatic rings. The van der Waals surface area contributed by atoms with Crippen LogP contribution in [0.5, 0.6) is 0 Å². The molecule has 3 aromatic heterocycles. The van der Waals surface area contributed by atoms with Gasteiger partial charge in [0.25, 0.3) is 5.89 Å². The molecule has 0 bridgehead atoms. The first kappa shape index (κ1) is 14.0. The summed E-state index contributed by atoms with van der Waals surface area (Å²) in [5.41, 5.74) is 7.33. The van der Waals surface area contributed by atoms with Crippen LogP contribution in [0.1, 0.15) is 37.2 Å². The molecule has 0 radical (unpaired) electrons. The van der Waals surface area contributed by atoms with Crippen molar-refractivity contribution >= 4 is 0 Å². The topological polar surface area (TPSA) is 109 Å². The molecular formula is C15H17N7O. The maximum absolute atomic E-state index is 6.34. The van der Waals surface area contributed by atoms with Crippen LogP contribution in [-0.4, -0.2) is 30.1 Å². The highest BCUT2D eigenvalue weighted by molar-refractivity contribution is 5.43. The molecule has 1 fully saturated rings. The summed E-state index contributed by atoms with van der Waals surface area (Å²) in [5, 5.41) is 12.2. The first-order valence-electron chi connectivity index (χ1n) is 7.66. The molecular weight excluding hydrogens is 294 g/mol. The van der Waals surface area contributed by atoms with Crippen LogP contribution in [0.2, 0.25) is 0 Å². The number of pyridine rings is 1. The maximum Gasteiger partial charge on any atom is 0.280 e. The van der Waals surface area contributed by atoms with E-state index in [-0.39, 0.29) is 0 Å². The van der Waals surface area contributed by atoms with E-state index in [1.165, 1.54) is 0 Å². The first-order chi connectivity index (χ1) is 11.2. The van der Waals surface area contributed by atoms with Gasteiger partial charge in [0.15, 0.2) is 11.5 Å². The molecule has 4 rings (SSSR count). The van der Waals surface area contributed by atoms with Crippen LogP contribution in [0.4, 0.5) is 0 Å². The SMILES string of the molecule is NC1(c2noc(-c3cn(Cc4ccccn4)nn3)n2)CCCC1. The van der Waals surface area contributed by atoms with E-state index in [0.29, 0.717) is 24.0 Å². The fraction of sp³-hybridized carbons (Fsp3) is 0.400. The number of hydrogen-bond donors (Lipinski definition) is 1. The van der Waals surface area contributed by atoms with Gasteiger partial charge in [-0.05, 0) is 25.0 Å². The number of nitrogens with two attached hydrogens (primary N) is 1. The van der Waals surface area contributed by atoms with Crippen molar-refractivity contribution < 1.29 is 4.52 Å². The standard InChI is InChI=1S/C15H17N7O/c16-15(6-2-3-7-15)14-18-13(23-20-14)12-10-22(21-19-12)9-11-5-1-4-8-17-11/h1,4-5,8,10H,2-3,6-7,9,16H2. The Morgan fingerprint density at radius 2 is 2.13 bits per heavy atom. The lowest BCUT2D eigenvalue weighted by atomic mass is 9.99. The van der Waals surface area contributed by atoms with Gasteiger partial charge in [-0.1, -0.05) is 29.3 Å². The predicted octanol–water partition coefficient (Wildman–Crippen LogP) is 1.50. The Balaban J connectivity index is 1.54. The van der Waals surface area contributed by atoms with E-state index in [1.807, 2.05) is 18.2 Å². The van der Waals surface area contributed by atoms with Crippen LogP contribution in [0.3, 0.4) is 0 Å². The van der Waals surface area contributed by atoms with Gasteiger partial charge in [-0.3, -0.25) is 4.98 Å². The zero-order chi connectivity index (χ0) is 15.7. The summed E-state index contributed by atoms with van der Waals surface area (Å²) in [6.07, 6.45) is 7.49. The van der Waals surface area contributed by atoms with Crippen molar-refractivity contribution in [2.45, 2.75) is 37.8 Å². The third-order valence-corrected chi connectivity index (χ3v) is 4.18. The van der Waals surface area contributed by atoms with Crippen molar-refractivity contribution in [1.29, 1.82) is 0 Å². The lowest BCUT2D eigenvalue weighted by Gasteiger charge is -2.17. The Bertz CT molecular complexity index is 789. The summed E-state index contributed by atoms with van der Waals surface area (Å²) < 4.78 is 7.01. The van der Waals surface area contributed by atoms with Gasteiger partial charge >= 0.3 is 0 Å². The van der Waals surface area contributed by atoms with E-state index in [1.54, 1.807) is 17.1 Å². The molecule has 1 aliphatic carbocycles. The number of aromatic nitrogens is 6. The van der Waals surface area contributed by atoms with Crippen LogP contribution in [0.15, 0.2) is 35.1 Å². The van der Waals surface area contributed by atoms with Gasteiger partial charge in [0, 0.05) is 6.20 Å². The van der Waals surface area contributed by atoms with Gasteiger partial charge in [-0.2, -0.15) is 4.98 Å². The van der Waals surface area contributed by atoms with Gasteiger partial charge in [0.05, 0.1) is 24.0 Å². The third-order valence-electron chi connectivity index (χ3n) is 4.18. The largest absolute Gasteiger partial charge is 0.332 e. The van der Waals surface area contributed by atoms with Crippen LogP contribution in [0, 0.1) is 0 Å². The first-order valence-corrected chi connectivity index (χ1v) is 7.66. The molecule has 0 unspecified atom stereocenters. The molecule has 0 aliphatic heterocycles. The minimum atomic E-state index is -0.467. The highest BCUT2D eigenvalue weighted by atomic mass is 16.5. The number of nitrogens with zero attached hydrogens (tertiary/aromatic N) is 6. The molecule has 3 heterocycles. The van der Waals surface area contributed by atoms with Crippen molar-refractivity contribution in [2.24, 2.45) is 5.73 Å². The van der Waals surface area contributed by atoms with Crippen molar-refractivity contribution in [3.63, 3.8) is 0 Å². The average Bonchev–Trinajstić information content (AvgIpc) is 3.28. The molecule has 0 aromatic carbocycles. The summed E-state index contributed by atoms with van der Waals surface area (Å²) in [6, 6.07) is 5.75. The zero-order valence-electron chi connectivity index (χ0n) is 12.6. The highest BCUT2D eigenvalue weighted by Gasteiger charge is 2.36. The smallest absolute Gasteiger partial charge is 0.280 e. The van der Waals surface area contributed by atoms with Crippen molar-refractivity contribution in [1.82, 2.24) is 30.1 Å². The minimum Gasteiger partial charge on any atom is -0.332 e. The Hall–Kier alpha value is -2.61. The molecule has 8 heteroatoms. The number of rotatable bonds is 4. The Labute approximate surface area is 132 Å². The Morgan fingerprint density at radius 1 is 1.26 bits per heavy atom. The summed E-state index contributed by atoms with van der Waals surface area (Å²) in [6.45, 7) is 0.537. The quantitative estimate of drug-likeness (QED) is 0.777. The molecule has 2 N–H and O–H groups in total. The molecule has 0 spiro atoms. The molecule has 1 saturated carbocycles. The minimum absolute atomic E-state index is 0.351. The van der Waals surface area contributed by atoms with Crippen molar-refractivity contribution in [2.75, 3.05) is 0 Å². The van der Waals surface area contributed by atoms with Gasteiger partial charge in [-0.25, -0.2) is 4.68 Å². The van der Waals surface area contributed by atoms with Gasteiger partial charge in [0.2, 0.25) is 0 Å². The average molecular weight is 311 g/mol. The molecule has 0 amide bonds. The highest BCUT2D eigenvalue weighted by Crippen LogP contribution is 2.35. The molecule has 23 heavy (non-hydrogen) atoms. The lowest BCUT2D eigenvalue weighted by molar-refractivity contribution is 0.372. The molecule has 0 saturated heterocycles. The van der Waals surface area contributed by atoms with Crippen molar-refractivity contribution in [3.8, 4) is 11.6 Å². The van der Waals surface area contributed by atoms with Crippen LogP contribution in [-0.2, 0) is 12.1 Å². The zero-order valence-corrected chi connectivity index (χ0v) is 12.6. The number of hydrogen-bond acceptors (Lipinski definition) is 7. The third kappa shape index (κ3) is 2.72. The Kier molecular flexibility index (Phi) is 3.38. The monoisotopic (exact) mass is 311 g/mol. The van der Waals surface area contributed by atoms with E-state index in [0.717, 1.165) is 31.4 Å². The second-order valence-electron chi connectivity index (χ2n) is 5.91. The second kappa shape index (κ2) is 5.54. The fourth-order valence-corrected chi connectivity index (χ4v) is 2.89. The van der Waals surface area contributed by atoms with E-state index in [2.05, 4.69) is 25.4 Å². The summed E-state index contributed by atoms with van der Waals surface area (Å²) >= 11 is 0.